The Morgan fingerprint density at radius 2 is 2.27 bits per heavy atom. The lowest BCUT2D eigenvalue weighted by Gasteiger charge is -2.07. The van der Waals surface area contributed by atoms with Crippen LogP contribution in [0.15, 0.2) is 0 Å². The summed E-state index contributed by atoms with van der Waals surface area (Å²) in [5, 5.41) is 0. The number of carbonyl (C=O) groups excluding carboxylic acids is 1. The summed E-state index contributed by atoms with van der Waals surface area (Å²) in [5.41, 5.74) is 0. The molecule has 0 saturated carbocycles. The Bertz CT molecular complexity index is 115. The van der Waals surface area contributed by atoms with Gasteiger partial charge >= 0.3 is 5.97 Å². The summed E-state index contributed by atoms with van der Waals surface area (Å²) < 4.78 is 4.59. The molecule has 0 spiro atoms. The van der Waals surface area contributed by atoms with Crippen molar-refractivity contribution in [2.75, 3.05) is 18.6 Å². The van der Waals surface area contributed by atoms with Crippen molar-refractivity contribution in [3.63, 3.8) is 0 Å². The Morgan fingerprint density at radius 1 is 1.64 bits per heavy atom. The molecule has 0 fully saturated rings. The van der Waals surface area contributed by atoms with Crippen LogP contribution in [0.4, 0.5) is 0 Å². The third-order valence-corrected chi connectivity index (χ3v) is 2.75. The summed E-state index contributed by atoms with van der Waals surface area (Å²) in [6.45, 7) is 4.03. The fourth-order valence-corrected chi connectivity index (χ4v) is 1.62. The Labute approximate surface area is 72.7 Å². The molecular weight excluding hydrogens is 160 g/mol. The van der Waals surface area contributed by atoms with Gasteiger partial charge in [0, 0.05) is 5.75 Å². The van der Waals surface area contributed by atoms with E-state index >= 15 is 0 Å². The Hall–Kier alpha value is -0.180. The van der Waals surface area contributed by atoms with Crippen molar-refractivity contribution in [2.24, 2.45) is 5.92 Å². The van der Waals surface area contributed by atoms with E-state index in [1.165, 1.54) is 13.5 Å². The second-order valence-corrected chi connectivity index (χ2v) is 3.65. The van der Waals surface area contributed by atoms with Gasteiger partial charge in [0.2, 0.25) is 0 Å². The standard InChI is InChI=1S/C8H16O2S/c1-4-5-11-6-7(2)8(9)10-3/h7H,4-6H2,1-3H3. The first-order chi connectivity index (χ1) is 5.22. The molecule has 0 bridgehead atoms. The lowest BCUT2D eigenvalue weighted by molar-refractivity contribution is -0.143. The maximum Gasteiger partial charge on any atom is 0.309 e. The molecule has 0 N–H and O–H groups in total. The molecule has 0 aliphatic carbocycles. The number of carbonyl (C=O) groups is 1. The van der Waals surface area contributed by atoms with Gasteiger partial charge in [-0.1, -0.05) is 13.8 Å². The van der Waals surface area contributed by atoms with Crippen LogP contribution in [0.5, 0.6) is 0 Å². The lowest BCUT2D eigenvalue weighted by atomic mass is 10.2. The van der Waals surface area contributed by atoms with E-state index in [9.17, 15) is 4.79 Å². The van der Waals surface area contributed by atoms with Gasteiger partial charge in [-0.15, -0.1) is 0 Å². The van der Waals surface area contributed by atoms with Crippen molar-refractivity contribution in [1.29, 1.82) is 0 Å². The molecule has 0 aromatic heterocycles. The molecule has 2 nitrogen and oxygen atoms in total. The predicted octanol–water partition coefficient (Wildman–Crippen LogP) is 1.94. The summed E-state index contributed by atoms with van der Waals surface area (Å²) >= 11 is 1.80. The number of esters is 1. The van der Waals surface area contributed by atoms with E-state index in [-0.39, 0.29) is 11.9 Å². The number of ether oxygens (including phenoxy) is 1. The van der Waals surface area contributed by atoms with Crippen molar-refractivity contribution < 1.29 is 9.53 Å². The molecule has 0 aliphatic rings. The summed E-state index contributed by atoms with van der Waals surface area (Å²) in [6.07, 6.45) is 1.17. The van der Waals surface area contributed by atoms with Gasteiger partial charge in [-0.25, -0.2) is 0 Å². The minimum Gasteiger partial charge on any atom is -0.469 e. The molecule has 0 amide bonds. The van der Waals surface area contributed by atoms with Crippen LogP contribution < -0.4 is 0 Å². The van der Waals surface area contributed by atoms with Gasteiger partial charge in [0.05, 0.1) is 13.0 Å². The Balaban J connectivity index is 3.36. The molecule has 0 radical (unpaired) electrons. The summed E-state index contributed by atoms with van der Waals surface area (Å²) in [4.78, 5) is 10.9. The molecule has 11 heavy (non-hydrogen) atoms. The number of rotatable bonds is 5. The number of hydrogen-bond acceptors (Lipinski definition) is 3. The average Bonchev–Trinajstić information content (AvgIpc) is 2.03. The highest BCUT2D eigenvalue weighted by Gasteiger charge is 2.11. The third-order valence-electron chi connectivity index (χ3n) is 1.32. The van der Waals surface area contributed by atoms with Gasteiger partial charge in [0.15, 0.2) is 0 Å². The van der Waals surface area contributed by atoms with Crippen molar-refractivity contribution in [3.8, 4) is 0 Å². The maximum atomic E-state index is 10.9. The molecule has 0 saturated heterocycles. The van der Waals surface area contributed by atoms with E-state index < -0.39 is 0 Å². The largest absolute Gasteiger partial charge is 0.469 e. The highest BCUT2D eigenvalue weighted by Crippen LogP contribution is 2.10. The van der Waals surface area contributed by atoms with Crippen molar-refractivity contribution in [3.05, 3.63) is 0 Å². The fraction of sp³-hybridized carbons (Fsp3) is 0.875. The van der Waals surface area contributed by atoms with E-state index in [2.05, 4.69) is 11.7 Å². The fourth-order valence-electron chi connectivity index (χ4n) is 0.674. The van der Waals surface area contributed by atoms with Crippen LogP contribution in [-0.2, 0) is 9.53 Å². The molecule has 3 heteroatoms. The first-order valence-electron chi connectivity index (χ1n) is 3.88. The van der Waals surface area contributed by atoms with Gasteiger partial charge in [0.25, 0.3) is 0 Å². The van der Waals surface area contributed by atoms with E-state index in [0.717, 1.165) is 11.5 Å². The molecule has 0 rings (SSSR count). The molecular formula is C8H16O2S. The smallest absolute Gasteiger partial charge is 0.309 e. The average molecular weight is 176 g/mol. The zero-order valence-corrected chi connectivity index (χ0v) is 8.24. The van der Waals surface area contributed by atoms with E-state index in [0.29, 0.717) is 0 Å². The van der Waals surface area contributed by atoms with Crippen LogP contribution in [0.25, 0.3) is 0 Å². The third kappa shape index (κ3) is 5.13. The van der Waals surface area contributed by atoms with Crippen LogP contribution >= 0.6 is 11.8 Å². The highest BCUT2D eigenvalue weighted by molar-refractivity contribution is 7.99. The number of thioether (sulfide) groups is 1. The second kappa shape index (κ2) is 6.53. The Morgan fingerprint density at radius 3 is 2.73 bits per heavy atom. The van der Waals surface area contributed by atoms with Gasteiger partial charge in [-0.3, -0.25) is 4.79 Å². The van der Waals surface area contributed by atoms with Crippen molar-refractivity contribution >= 4 is 17.7 Å². The van der Waals surface area contributed by atoms with Gasteiger partial charge in [-0.2, -0.15) is 11.8 Å². The molecule has 1 unspecified atom stereocenters. The summed E-state index contributed by atoms with van der Waals surface area (Å²) in [5.74, 6) is 1.94. The second-order valence-electron chi connectivity index (χ2n) is 2.50. The van der Waals surface area contributed by atoms with Crippen LogP contribution in [0.2, 0.25) is 0 Å². The molecule has 0 aromatic rings. The van der Waals surface area contributed by atoms with E-state index in [1.54, 1.807) is 11.8 Å². The summed E-state index contributed by atoms with van der Waals surface area (Å²) in [6, 6.07) is 0. The quantitative estimate of drug-likeness (QED) is 0.473. The van der Waals surface area contributed by atoms with Gasteiger partial charge < -0.3 is 4.74 Å². The van der Waals surface area contributed by atoms with Gasteiger partial charge in [-0.05, 0) is 12.2 Å². The summed E-state index contributed by atoms with van der Waals surface area (Å²) in [7, 11) is 1.43. The van der Waals surface area contributed by atoms with Crippen molar-refractivity contribution in [1.82, 2.24) is 0 Å². The zero-order valence-electron chi connectivity index (χ0n) is 7.42. The number of methoxy groups -OCH3 is 1. The molecule has 1 atom stereocenters. The first-order valence-corrected chi connectivity index (χ1v) is 5.03. The minimum absolute atomic E-state index is 0.0385. The molecule has 0 aromatic carbocycles. The lowest BCUT2D eigenvalue weighted by Crippen LogP contribution is -2.14. The monoisotopic (exact) mass is 176 g/mol. The number of hydrogen-bond donors (Lipinski definition) is 0. The molecule has 0 aliphatic heterocycles. The zero-order chi connectivity index (χ0) is 8.69. The van der Waals surface area contributed by atoms with Gasteiger partial charge in [0.1, 0.15) is 0 Å². The highest BCUT2D eigenvalue weighted by atomic mass is 32.2. The van der Waals surface area contributed by atoms with E-state index in [1.807, 2.05) is 6.92 Å². The van der Waals surface area contributed by atoms with Crippen molar-refractivity contribution in [2.45, 2.75) is 20.3 Å². The van der Waals surface area contributed by atoms with Crippen LogP contribution in [0, 0.1) is 5.92 Å². The first kappa shape index (κ1) is 10.8. The molecule has 66 valence electrons. The normalized spacial score (nSPS) is 12.6. The SMILES string of the molecule is CCCSCC(C)C(=O)OC. The van der Waals surface area contributed by atoms with E-state index in [4.69, 9.17) is 0 Å². The maximum absolute atomic E-state index is 10.9. The predicted molar refractivity (Wildman–Crippen MR) is 48.8 cm³/mol. The Kier molecular flexibility index (Phi) is 6.42. The topological polar surface area (TPSA) is 26.3 Å². The molecule has 0 heterocycles. The van der Waals surface area contributed by atoms with Crippen LogP contribution in [-0.4, -0.2) is 24.6 Å². The minimum atomic E-state index is -0.103. The van der Waals surface area contributed by atoms with Crippen LogP contribution in [0.1, 0.15) is 20.3 Å². The van der Waals surface area contributed by atoms with Crippen LogP contribution in [0.3, 0.4) is 0 Å².